The predicted molar refractivity (Wildman–Crippen MR) is 49.1 cm³/mol. The number of hydrogen-bond donors (Lipinski definition) is 1. The lowest BCUT2D eigenvalue weighted by Gasteiger charge is -2.01. The molecule has 0 saturated heterocycles. The highest BCUT2D eigenvalue weighted by atomic mass is 14.6. The van der Waals surface area contributed by atoms with Crippen LogP contribution in [0.5, 0.6) is 0 Å². The molecule has 0 aliphatic heterocycles. The minimum Gasteiger partial charge on any atom is -0.328 e. The molecule has 0 aliphatic rings. The van der Waals surface area contributed by atoms with Gasteiger partial charge in [0.15, 0.2) is 0 Å². The summed E-state index contributed by atoms with van der Waals surface area (Å²) in [6.45, 7) is 8.27. The number of rotatable bonds is 4. The van der Waals surface area contributed by atoms with Gasteiger partial charge in [-0.2, -0.15) is 0 Å². The Balaban J connectivity index is 0. The van der Waals surface area contributed by atoms with Crippen LogP contribution in [-0.4, -0.2) is 6.04 Å². The first-order chi connectivity index (χ1) is 4.77. The maximum atomic E-state index is 5.53. The van der Waals surface area contributed by atoms with Gasteiger partial charge in [0.1, 0.15) is 0 Å². The average Bonchev–Trinajstić information content (AvgIpc) is 1.92. The highest BCUT2D eigenvalue weighted by Gasteiger charge is 1.90. The van der Waals surface area contributed by atoms with Crippen LogP contribution >= 0.6 is 0 Å². The van der Waals surface area contributed by atoms with Crippen molar-refractivity contribution in [1.82, 2.24) is 0 Å². The largest absolute Gasteiger partial charge is 0.328 e. The van der Waals surface area contributed by atoms with E-state index in [2.05, 4.69) is 13.8 Å². The van der Waals surface area contributed by atoms with Gasteiger partial charge >= 0.3 is 0 Å². The Labute approximate surface area is 66.0 Å². The molecule has 0 aromatic heterocycles. The Kier molecular flexibility index (Phi) is 14.8. The zero-order valence-corrected chi connectivity index (χ0v) is 7.98. The quantitative estimate of drug-likeness (QED) is 0.605. The van der Waals surface area contributed by atoms with E-state index in [0.29, 0.717) is 6.04 Å². The lowest BCUT2D eigenvalue weighted by Crippen LogP contribution is -2.13. The van der Waals surface area contributed by atoms with E-state index in [1.54, 1.807) is 0 Å². The molecule has 1 heteroatoms. The van der Waals surface area contributed by atoms with E-state index in [0.717, 1.165) is 0 Å². The monoisotopic (exact) mass is 145 g/mol. The first-order valence-corrected chi connectivity index (χ1v) is 4.53. The van der Waals surface area contributed by atoms with Crippen molar-refractivity contribution in [2.75, 3.05) is 0 Å². The SMILES string of the molecule is CC.CCCCCC(C)N. The molecule has 0 heterocycles. The van der Waals surface area contributed by atoms with Crippen molar-refractivity contribution < 1.29 is 0 Å². The van der Waals surface area contributed by atoms with Crippen molar-refractivity contribution in [1.29, 1.82) is 0 Å². The Bertz CT molecular complexity index is 42.0. The van der Waals surface area contributed by atoms with Crippen LogP contribution in [0.3, 0.4) is 0 Å². The zero-order chi connectivity index (χ0) is 8.41. The van der Waals surface area contributed by atoms with Crippen molar-refractivity contribution in [3.8, 4) is 0 Å². The number of nitrogens with two attached hydrogens (primary N) is 1. The van der Waals surface area contributed by atoms with E-state index in [1.165, 1.54) is 25.7 Å². The predicted octanol–water partition coefficient (Wildman–Crippen LogP) is 2.94. The van der Waals surface area contributed by atoms with Crippen molar-refractivity contribution in [2.45, 2.75) is 59.4 Å². The first kappa shape index (κ1) is 12.6. The van der Waals surface area contributed by atoms with Crippen LogP contribution in [0, 0.1) is 0 Å². The molecule has 0 saturated carbocycles. The van der Waals surface area contributed by atoms with Crippen LogP contribution in [0.4, 0.5) is 0 Å². The molecular formula is C9H23N. The highest BCUT2D eigenvalue weighted by molar-refractivity contribution is 4.51. The highest BCUT2D eigenvalue weighted by Crippen LogP contribution is 1.99. The molecule has 0 amide bonds. The Morgan fingerprint density at radius 2 is 1.70 bits per heavy atom. The third-order valence-electron chi connectivity index (χ3n) is 1.26. The summed E-state index contributed by atoms with van der Waals surface area (Å²) in [5.41, 5.74) is 5.53. The summed E-state index contributed by atoms with van der Waals surface area (Å²) in [4.78, 5) is 0. The molecule has 0 rings (SSSR count). The van der Waals surface area contributed by atoms with Gasteiger partial charge in [0, 0.05) is 6.04 Å². The second-order valence-corrected chi connectivity index (χ2v) is 2.47. The Morgan fingerprint density at radius 3 is 2.00 bits per heavy atom. The summed E-state index contributed by atoms with van der Waals surface area (Å²) in [5.74, 6) is 0. The van der Waals surface area contributed by atoms with E-state index >= 15 is 0 Å². The minimum atomic E-state index is 0.404. The van der Waals surface area contributed by atoms with Crippen LogP contribution in [0.1, 0.15) is 53.4 Å². The zero-order valence-electron chi connectivity index (χ0n) is 7.98. The third kappa shape index (κ3) is 15.7. The first-order valence-electron chi connectivity index (χ1n) is 4.53. The molecule has 0 radical (unpaired) electrons. The van der Waals surface area contributed by atoms with Gasteiger partial charge in [0.25, 0.3) is 0 Å². The Hall–Kier alpha value is -0.0400. The summed E-state index contributed by atoms with van der Waals surface area (Å²) in [6, 6.07) is 0.404. The molecule has 0 bridgehead atoms. The molecule has 10 heavy (non-hydrogen) atoms. The lowest BCUT2D eigenvalue weighted by atomic mass is 10.1. The molecule has 0 aromatic rings. The van der Waals surface area contributed by atoms with Crippen molar-refractivity contribution in [3.05, 3.63) is 0 Å². The van der Waals surface area contributed by atoms with Crippen LogP contribution in [0.25, 0.3) is 0 Å². The maximum absolute atomic E-state index is 5.53. The van der Waals surface area contributed by atoms with E-state index < -0.39 is 0 Å². The lowest BCUT2D eigenvalue weighted by molar-refractivity contribution is 0.592. The summed E-state index contributed by atoms with van der Waals surface area (Å²) in [6.07, 6.45) is 5.12. The van der Waals surface area contributed by atoms with Gasteiger partial charge < -0.3 is 5.73 Å². The number of unbranched alkanes of at least 4 members (excludes halogenated alkanes) is 2. The second-order valence-electron chi connectivity index (χ2n) is 2.47. The fraction of sp³-hybridized carbons (Fsp3) is 1.00. The second kappa shape index (κ2) is 11.7. The van der Waals surface area contributed by atoms with Crippen LogP contribution in [0.2, 0.25) is 0 Å². The van der Waals surface area contributed by atoms with Gasteiger partial charge in [0.2, 0.25) is 0 Å². The van der Waals surface area contributed by atoms with E-state index in [9.17, 15) is 0 Å². The number of hydrogen-bond acceptors (Lipinski definition) is 1. The van der Waals surface area contributed by atoms with Crippen LogP contribution in [-0.2, 0) is 0 Å². The van der Waals surface area contributed by atoms with Gasteiger partial charge in [-0.3, -0.25) is 0 Å². The molecule has 0 aliphatic carbocycles. The van der Waals surface area contributed by atoms with Crippen molar-refractivity contribution in [3.63, 3.8) is 0 Å². The van der Waals surface area contributed by atoms with Crippen molar-refractivity contribution >= 4 is 0 Å². The molecular weight excluding hydrogens is 122 g/mol. The van der Waals surface area contributed by atoms with E-state index in [4.69, 9.17) is 5.73 Å². The van der Waals surface area contributed by atoms with Gasteiger partial charge in [-0.05, 0) is 13.3 Å². The molecule has 1 atom stereocenters. The molecule has 64 valence electrons. The van der Waals surface area contributed by atoms with Crippen LogP contribution < -0.4 is 5.73 Å². The topological polar surface area (TPSA) is 26.0 Å². The fourth-order valence-corrected chi connectivity index (χ4v) is 0.716. The van der Waals surface area contributed by atoms with Gasteiger partial charge in [-0.1, -0.05) is 40.0 Å². The summed E-state index contributed by atoms with van der Waals surface area (Å²) < 4.78 is 0. The average molecular weight is 145 g/mol. The molecule has 1 unspecified atom stereocenters. The minimum absolute atomic E-state index is 0.404. The van der Waals surface area contributed by atoms with E-state index in [-0.39, 0.29) is 0 Å². The molecule has 1 nitrogen and oxygen atoms in total. The smallest absolute Gasteiger partial charge is 0.00104 e. The normalized spacial score (nSPS) is 11.7. The van der Waals surface area contributed by atoms with Crippen LogP contribution in [0.15, 0.2) is 0 Å². The van der Waals surface area contributed by atoms with Gasteiger partial charge in [-0.15, -0.1) is 0 Å². The fourth-order valence-electron chi connectivity index (χ4n) is 0.716. The van der Waals surface area contributed by atoms with Gasteiger partial charge in [0.05, 0.1) is 0 Å². The molecule has 2 N–H and O–H groups in total. The third-order valence-corrected chi connectivity index (χ3v) is 1.26. The standard InChI is InChI=1S/C7H17N.C2H6/c1-3-4-5-6-7(2)8;1-2/h7H,3-6,8H2,1-2H3;1-2H3. The van der Waals surface area contributed by atoms with Gasteiger partial charge in [-0.25, -0.2) is 0 Å². The molecule has 0 fully saturated rings. The summed E-state index contributed by atoms with van der Waals surface area (Å²) in [7, 11) is 0. The Morgan fingerprint density at radius 1 is 1.20 bits per heavy atom. The molecule has 0 aromatic carbocycles. The van der Waals surface area contributed by atoms with E-state index in [1.807, 2.05) is 13.8 Å². The summed E-state index contributed by atoms with van der Waals surface area (Å²) >= 11 is 0. The summed E-state index contributed by atoms with van der Waals surface area (Å²) in [5, 5.41) is 0. The van der Waals surface area contributed by atoms with Crippen molar-refractivity contribution in [2.24, 2.45) is 5.73 Å². The maximum Gasteiger partial charge on any atom is 0.00104 e. The molecule has 0 spiro atoms.